The quantitative estimate of drug-likeness (QED) is 0.826. The fraction of sp³-hybridized carbons (Fsp3) is 0.647. The lowest BCUT2D eigenvalue weighted by Crippen LogP contribution is -2.63. The average Bonchev–Trinajstić information content (AvgIpc) is 2.88. The molecule has 0 spiro atoms. The molecule has 0 aromatic heterocycles. The number of benzene rings is 1. The highest BCUT2D eigenvalue weighted by molar-refractivity contribution is 7.88. The van der Waals surface area contributed by atoms with E-state index < -0.39 is 33.8 Å². The van der Waals surface area contributed by atoms with E-state index in [1.54, 1.807) is 0 Å². The van der Waals surface area contributed by atoms with Gasteiger partial charge in [-0.05, 0) is 24.6 Å². The first-order valence-corrected chi connectivity index (χ1v) is 10.6. The lowest BCUT2D eigenvalue weighted by atomic mass is 9.86. The Morgan fingerprint density at radius 3 is 2.69 bits per heavy atom. The molecule has 6 nitrogen and oxygen atoms in total. The van der Waals surface area contributed by atoms with Crippen molar-refractivity contribution >= 4 is 10.0 Å². The number of hydrogen-bond acceptors (Lipinski definition) is 5. The molecule has 0 amide bonds. The molecule has 26 heavy (non-hydrogen) atoms. The van der Waals surface area contributed by atoms with Crippen molar-refractivity contribution in [2.24, 2.45) is 11.7 Å². The van der Waals surface area contributed by atoms with Gasteiger partial charge in [0, 0.05) is 49.2 Å². The van der Waals surface area contributed by atoms with Crippen LogP contribution in [-0.2, 0) is 14.8 Å². The predicted octanol–water partition coefficient (Wildman–Crippen LogP) is 0.698. The van der Waals surface area contributed by atoms with E-state index in [0.29, 0.717) is 32.0 Å². The first-order chi connectivity index (χ1) is 12.2. The van der Waals surface area contributed by atoms with Crippen LogP contribution < -0.4 is 5.73 Å². The third-order valence-corrected chi connectivity index (χ3v) is 7.08. The second-order valence-corrected chi connectivity index (χ2v) is 9.56. The molecular formula is C17H23F2N3O3S. The van der Waals surface area contributed by atoms with Crippen LogP contribution in [0.2, 0.25) is 0 Å². The number of ether oxygens (including phenoxy) is 1. The molecule has 1 aromatic carbocycles. The number of rotatable bonds is 3. The zero-order valence-corrected chi connectivity index (χ0v) is 15.3. The van der Waals surface area contributed by atoms with Gasteiger partial charge in [0.15, 0.2) is 0 Å². The van der Waals surface area contributed by atoms with Gasteiger partial charge in [0.05, 0.1) is 12.9 Å². The Morgan fingerprint density at radius 1 is 1.23 bits per heavy atom. The summed E-state index contributed by atoms with van der Waals surface area (Å²) in [4.78, 5) is 2.24. The molecule has 4 rings (SSSR count). The second kappa shape index (κ2) is 6.49. The second-order valence-electron chi connectivity index (χ2n) is 7.58. The minimum Gasteiger partial charge on any atom is -0.370 e. The van der Waals surface area contributed by atoms with E-state index >= 15 is 0 Å². The molecular weight excluding hydrogens is 364 g/mol. The number of fused-ring (bicyclic) bond motifs is 1. The average molecular weight is 387 g/mol. The fourth-order valence-electron chi connectivity index (χ4n) is 4.46. The highest BCUT2D eigenvalue weighted by Crippen LogP contribution is 2.39. The van der Waals surface area contributed by atoms with Crippen LogP contribution in [0.25, 0.3) is 0 Å². The van der Waals surface area contributed by atoms with Crippen LogP contribution in [0.1, 0.15) is 18.1 Å². The summed E-state index contributed by atoms with van der Waals surface area (Å²) in [6, 6.07) is 3.11. The maximum absolute atomic E-state index is 14.0. The number of halogens is 2. The van der Waals surface area contributed by atoms with E-state index in [1.165, 1.54) is 10.6 Å². The standard InChI is InChI=1S/C17H23F2N3O3S/c1-26(23,24)21-6-10-7-22(16(10)8-21)12-5-15(20)17(25-9-12)13-4-11(18)2-3-14(13)19/h2-4,10,12,15-17H,5-9,20H2,1H3. The zero-order chi connectivity index (χ0) is 18.6. The molecule has 5 atom stereocenters. The minimum absolute atomic E-state index is 0.0682. The van der Waals surface area contributed by atoms with Crippen molar-refractivity contribution in [3.8, 4) is 0 Å². The molecule has 3 saturated heterocycles. The van der Waals surface area contributed by atoms with Crippen molar-refractivity contribution in [3.63, 3.8) is 0 Å². The summed E-state index contributed by atoms with van der Waals surface area (Å²) in [5.74, 6) is -0.690. The molecule has 0 bridgehead atoms. The third-order valence-electron chi connectivity index (χ3n) is 5.85. The molecule has 9 heteroatoms. The molecule has 0 aliphatic carbocycles. The largest absolute Gasteiger partial charge is 0.370 e. The Hall–Kier alpha value is -1.13. The summed E-state index contributed by atoms with van der Waals surface area (Å²) < 4.78 is 58.3. The van der Waals surface area contributed by atoms with E-state index in [2.05, 4.69) is 4.90 Å². The zero-order valence-electron chi connectivity index (χ0n) is 14.5. The predicted molar refractivity (Wildman–Crippen MR) is 91.8 cm³/mol. The Balaban J connectivity index is 1.42. The molecule has 144 valence electrons. The maximum Gasteiger partial charge on any atom is 0.211 e. The van der Waals surface area contributed by atoms with Gasteiger partial charge < -0.3 is 10.5 Å². The molecule has 3 fully saturated rings. The fourth-order valence-corrected chi connectivity index (χ4v) is 5.34. The summed E-state index contributed by atoms with van der Waals surface area (Å²) in [5, 5.41) is 0. The number of hydrogen-bond donors (Lipinski definition) is 1. The van der Waals surface area contributed by atoms with Crippen LogP contribution in [0.15, 0.2) is 18.2 Å². The van der Waals surface area contributed by atoms with E-state index in [-0.39, 0.29) is 17.6 Å². The van der Waals surface area contributed by atoms with E-state index in [1.807, 2.05) is 0 Å². The lowest BCUT2D eigenvalue weighted by Gasteiger charge is -2.51. The molecule has 3 aliphatic rings. The van der Waals surface area contributed by atoms with Gasteiger partial charge in [-0.2, -0.15) is 0 Å². The molecule has 0 radical (unpaired) electrons. The van der Waals surface area contributed by atoms with E-state index in [9.17, 15) is 17.2 Å². The molecule has 3 aliphatic heterocycles. The van der Waals surface area contributed by atoms with Crippen LogP contribution in [-0.4, -0.2) is 68.2 Å². The molecule has 2 N–H and O–H groups in total. The first-order valence-electron chi connectivity index (χ1n) is 8.77. The Kier molecular flexibility index (Phi) is 4.55. The molecule has 3 heterocycles. The van der Waals surface area contributed by atoms with Gasteiger partial charge in [0.1, 0.15) is 17.7 Å². The smallest absolute Gasteiger partial charge is 0.211 e. The first kappa shape index (κ1) is 18.2. The topological polar surface area (TPSA) is 75.9 Å². The normalized spacial score (nSPS) is 35.9. The van der Waals surface area contributed by atoms with Gasteiger partial charge in [-0.15, -0.1) is 0 Å². The van der Waals surface area contributed by atoms with Crippen molar-refractivity contribution in [3.05, 3.63) is 35.4 Å². The number of nitrogens with zero attached hydrogens (tertiary/aromatic N) is 2. The van der Waals surface area contributed by atoms with E-state index in [4.69, 9.17) is 10.5 Å². The van der Waals surface area contributed by atoms with Crippen molar-refractivity contribution in [2.75, 3.05) is 32.5 Å². The van der Waals surface area contributed by atoms with Crippen LogP contribution in [0.3, 0.4) is 0 Å². The summed E-state index contributed by atoms with van der Waals surface area (Å²) in [5.41, 5.74) is 6.38. The van der Waals surface area contributed by atoms with Crippen molar-refractivity contribution in [2.45, 2.75) is 30.7 Å². The number of nitrogens with two attached hydrogens (primary N) is 1. The van der Waals surface area contributed by atoms with Crippen molar-refractivity contribution < 1.29 is 21.9 Å². The van der Waals surface area contributed by atoms with Crippen LogP contribution >= 0.6 is 0 Å². The SMILES string of the molecule is CS(=O)(=O)N1CC2CN(C3COC(c4cc(F)ccc4F)C(N)C3)C2C1. The van der Waals surface area contributed by atoms with Crippen molar-refractivity contribution in [1.82, 2.24) is 9.21 Å². The van der Waals surface area contributed by atoms with Crippen LogP contribution in [0.5, 0.6) is 0 Å². The minimum atomic E-state index is -3.17. The summed E-state index contributed by atoms with van der Waals surface area (Å²) in [6.07, 6.45) is 1.16. The Bertz CT molecular complexity index is 806. The van der Waals surface area contributed by atoms with E-state index in [0.717, 1.165) is 24.7 Å². The van der Waals surface area contributed by atoms with Crippen LogP contribution in [0.4, 0.5) is 8.78 Å². The van der Waals surface area contributed by atoms with Gasteiger partial charge >= 0.3 is 0 Å². The van der Waals surface area contributed by atoms with Crippen molar-refractivity contribution in [1.29, 1.82) is 0 Å². The summed E-state index contributed by atoms with van der Waals surface area (Å²) >= 11 is 0. The number of likely N-dealkylation sites (tertiary alicyclic amines) is 1. The molecule has 1 aromatic rings. The van der Waals surface area contributed by atoms with Gasteiger partial charge in [0.2, 0.25) is 10.0 Å². The van der Waals surface area contributed by atoms with Gasteiger partial charge in [-0.3, -0.25) is 4.90 Å². The summed E-state index contributed by atoms with van der Waals surface area (Å²) in [7, 11) is -3.17. The Labute approximate surface area is 151 Å². The van der Waals surface area contributed by atoms with Gasteiger partial charge in [0.25, 0.3) is 0 Å². The highest BCUT2D eigenvalue weighted by Gasteiger charge is 2.51. The maximum atomic E-state index is 14.0. The number of sulfonamides is 1. The van der Waals surface area contributed by atoms with Gasteiger partial charge in [-0.25, -0.2) is 21.5 Å². The lowest BCUT2D eigenvalue weighted by molar-refractivity contribution is -0.0936. The Morgan fingerprint density at radius 2 is 2.00 bits per heavy atom. The summed E-state index contributed by atoms with van der Waals surface area (Å²) in [6.45, 7) is 2.25. The molecule has 0 saturated carbocycles. The van der Waals surface area contributed by atoms with Gasteiger partial charge in [-0.1, -0.05) is 0 Å². The third kappa shape index (κ3) is 3.16. The molecule has 5 unspecified atom stereocenters. The monoisotopic (exact) mass is 387 g/mol. The highest BCUT2D eigenvalue weighted by atomic mass is 32.2. The van der Waals surface area contributed by atoms with Crippen LogP contribution in [0, 0.1) is 17.6 Å².